The van der Waals surface area contributed by atoms with Crippen molar-refractivity contribution in [1.29, 1.82) is 0 Å². The number of piperazine rings is 1. The number of fused-ring (bicyclic) bond motifs is 1. The van der Waals surface area contributed by atoms with Crippen LogP contribution in [0.4, 0.5) is 11.5 Å². The lowest BCUT2D eigenvalue weighted by atomic mass is 10.1. The van der Waals surface area contributed by atoms with Crippen molar-refractivity contribution in [3.8, 4) is 0 Å². The van der Waals surface area contributed by atoms with Crippen LogP contribution in [-0.4, -0.2) is 58.6 Å². The zero-order chi connectivity index (χ0) is 22.0. The molecule has 0 radical (unpaired) electrons. The molecule has 1 fully saturated rings. The van der Waals surface area contributed by atoms with Gasteiger partial charge in [0.25, 0.3) is 11.5 Å². The monoisotopic (exact) mass is 436 g/mol. The van der Waals surface area contributed by atoms with Crippen molar-refractivity contribution in [3.63, 3.8) is 0 Å². The number of carbonyl (C=O) groups is 1. The van der Waals surface area contributed by atoms with Gasteiger partial charge in [-0.25, -0.2) is 4.98 Å². The largest absolute Gasteiger partial charge is 0.354 e. The Kier molecular flexibility index (Phi) is 5.97. The van der Waals surface area contributed by atoms with Crippen molar-refractivity contribution in [2.24, 2.45) is 0 Å². The summed E-state index contributed by atoms with van der Waals surface area (Å²) in [5, 5.41) is 3.32. The molecule has 160 valence electrons. The minimum atomic E-state index is -0.286. The molecule has 3 heterocycles. The first-order valence-corrected chi connectivity index (χ1v) is 10.5. The number of aromatic nitrogens is 3. The molecule has 1 aliphatic rings. The second-order valence-electron chi connectivity index (χ2n) is 7.54. The molecule has 0 saturated carbocycles. The molecule has 3 aromatic rings. The molecule has 0 atom stereocenters. The average molecular weight is 437 g/mol. The molecule has 0 spiro atoms. The number of amides is 1. The van der Waals surface area contributed by atoms with Gasteiger partial charge in [0, 0.05) is 38.3 Å². The molecular formula is C22H24N6O2S. The molecule has 8 nitrogen and oxygen atoms in total. The Morgan fingerprint density at radius 2 is 2.03 bits per heavy atom. The predicted octanol–water partition coefficient (Wildman–Crippen LogP) is 2.64. The summed E-state index contributed by atoms with van der Waals surface area (Å²) in [4.78, 5) is 37.4. The average Bonchev–Trinajstić information content (AvgIpc) is 2.77. The van der Waals surface area contributed by atoms with Gasteiger partial charge in [0.2, 0.25) is 0 Å². The first-order chi connectivity index (χ1) is 15.0. The maximum absolute atomic E-state index is 12.7. The SMILES string of the molecule is C=CCn1c(=S)[nH]c2cc(C(=O)Nc3ccc(N4CCN(C)CC4)nc3)ccc2c1=O. The smallest absolute Gasteiger partial charge is 0.262 e. The summed E-state index contributed by atoms with van der Waals surface area (Å²) in [6.07, 6.45) is 3.27. The number of anilines is 2. The quantitative estimate of drug-likeness (QED) is 0.472. The van der Waals surface area contributed by atoms with E-state index in [4.69, 9.17) is 12.2 Å². The molecule has 1 amide bonds. The molecule has 2 N–H and O–H groups in total. The lowest BCUT2D eigenvalue weighted by Gasteiger charge is -2.33. The summed E-state index contributed by atoms with van der Waals surface area (Å²) < 4.78 is 1.72. The molecule has 4 rings (SSSR count). The number of benzene rings is 1. The fraction of sp³-hybridized carbons (Fsp3) is 0.273. The van der Waals surface area contributed by atoms with Crippen LogP contribution in [0.15, 0.2) is 54.0 Å². The van der Waals surface area contributed by atoms with E-state index in [0.717, 1.165) is 32.0 Å². The van der Waals surface area contributed by atoms with Crippen LogP contribution in [0.2, 0.25) is 0 Å². The Balaban J connectivity index is 1.52. The van der Waals surface area contributed by atoms with Crippen LogP contribution in [0.3, 0.4) is 0 Å². The van der Waals surface area contributed by atoms with Crippen molar-refractivity contribution in [2.75, 3.05) is 43.4 Å². The van der Waals surface area contributed by atoms with Crippen LogP contribution in [0, 0.1) is 4.77 Å². The van der Waals surface area contributed by atoms with Gasteiger partial charge in [-0.1, -0.05) is 6.08 Å². The van der Waals surface area contributed by atoms with Gasteiger partial charge in [-0.05, 0) is 49.6 Å². The highest BCUT2D eigenvalue weighted by atomic mass is 32.1. The summed E-state index contributed by atoms with van der Waals surface area (Å²) in [7, 11) is 2.11. The first-order valence-electron chi connectivity index (χ1n) is 10.0. The van der Waals surface area contributed by atoms with E-state index in [9.17, 15) is 9.59 Å². The van der Waals surface area contributed by atoms with E-state index < -0.39 is 0 Å². The van der Waals surface area contributed by atoms with Crippen LogP contribution in [0.5, 0.6) is 0 Å². The van der Waals surface area contributed by atoms with Crippen LogP contribution in [0.25, 0.3) is 10.9 Å². The number of rotatable bonds is 5. The number of carbonyl (C=O) groups excluding carboxylic acids is 1. The third-order valence-corrected chi connectivity index (χ3v) is 5.71. The van der Waals surface area contributed by atoms with E-state index in [1.165, 1.54) is 4.57 Å². The van der Waals surface area contributed by atoms with Crippen molar-refractivity contribution in [3.05, 3.63) is 69.9 Å². The van der Waals surface area contributed by atoms with E-state index in [0.29, 0.717) is 33.5 Å². The van der Waals surface area contributed by atoms with Crippen LogP contribution < -0.4 is 15.8 Å². The highest BCUT2D eigenvalue weighted by Gasteiger charge is 2.15. The highest BCUT2D eigenvalue weighted by molar-refractivity contribution is 7.71. The number of nitrogens with zero attached hydrogens (tertiary/aromatic N) is 4. The third-order valence-electron chi connectivity index (χ3n) is 5.39. The topological polar surface area (TPSA) is 86.3 Å². The van der Waals surface area contributed by atoms with Crippen LogP contribution in [0.1, 0.15) is 10.4 Å². The molecule has 1 aliphatic heterocycles. The molecule has 1 aromatic carbocycles. The second-order valence-corrected chi connectivity index (χ2v) is 7.93. The highest BCUT2D eigenvalue weighted by Crippen LogP contribution is 2.17. The Morgan fingerprint density at radius 1 is 1.26 bits per heavy atom. The van der Waals surface area contributed by atoms with E-state index in [2.05, 4.69) is 38.7 Å². The summed E-state index contributed by atoms with van der Waals surface area (Å²) >= 11 is 5.26. The number of aromatic amines is 1. The lowest BCUT2D eigenvalue weighted by Crippen LogP contribution is -2.44. The third kappa shape index (κ3) is 4.42. The van der Waals surface area contributed by atoms with Gasteiger partial charge in [-0.15, -0.1) is 6.58 Å². The molecule has 1 saturated heterocycles. The Hall–Kier alpha value is -3.30. The number of H-pyrrole nitrogens is 1. The van der Waals surface area contributed by atoms with E-state index in [1.807, 2.05) is 12.1 Å². The Labute approximate surface area is 184 Å². The molecule has 2 aromatic heterocycles. The summed E-state index contributed by atoms with van der Waals surface area (Å²) in [5.74, 6) is 0.616. The van der Waals surface area contributed by atoms with Crippen molar-refractivity contribution < 1.29 is 4.79 Å². The number of hydrogen-bond donors (Lipinski definition) is 2. The second kappa shape index (κ2) is 8.83. The normalized spacial score (nSPS) is 14.5. The van der Waals surface area contributed by atoms with Gasteiger partial charge in [0.15, 0.2) is 4.77 Å². The van der Waals surface area contributed by atoms with Crippen molar-refractivity contribution in [1.82, 2.24) is 19.4 Å². The van der Waals surface area contributed by atoms with Crippen LogP contribution >= 0.6 is 12.2 Å². The zero-order valence-electron chi connectivity index (χ0n) is 17.3. The summed E-state index contributed by atoms with van der Waals surface area (Å²) in [6.45, 7) is 7.84. The van der Waals surface area contributed by atoms with E-state index in [1.54, 1.807) is 30.5 Å². The first kappa shape index (κ1) is 21.0. The van der Waals surface area contributed by atoms with E-state index >= 15 is 0 Å². The van der Waals surface area contributed by atoms with Gasteiger partial charge in [0.05, 0.1) is 22.8 Å². The van der Waals surface area contributed by atoms with Gasteiger partial charge in [-0.2, -0.15) is 0 Å². The molecule has 0 unspecified atom stereocenters. The number of nitrogens with one attached hydrogen (secondary N) is 2. The standard InChI is InChI=1S/C22H24N6O2S/c1-3-8-28-21(30)17-6-4-15(13-18(17)25-22(28)31)20(29)24-16-5-7-19(23-14-16)27-11-9-26(2)10-12-27/h3-7,13-14H,1,8-12H2,2H3,(H,24,29)(H,25,31). The maximum Gasteiger partial charge on any atom is 0.262 e. The number of likely N-dealkylation sites (N-methyl/N-ethyl adjacent to an activating group) is 1. The minimum Gasteiger partial charge on any atom is -0.354 e. The number of hydrogen-bond acceptors (Lipinski definition) is 6. The van der Waals surface area contributed by atoms with Crippen molar-refractivity contribution in [2.45, 2.75) is 6.54 Å². The Bertz CT molecular complexity index is 1240. The molecule has 9 heteroatoms. The fourth-order valence-electron chi connectivity index (χ4n) is 3.58. The molecule has 0 aliphatic carbocycles. The maximum atomic E-state index is 12.7. The number of allylic oxidation sites excluding steroid dienone is 1. The predicted molar refractivity (Wildman–Crippen MR) is 125 cm³/mol. The van der Waals surface area contributed by atoms with Crippen molar-refractivity contribution >= 4 is 40.5 Å². The fourth-order valence-corrected chi connectivity index (χ4v) is 3.84. The molecule has 0 bridgehead atoms. The Morgan fingerprint density at radius 3 is 2.71 bits per heavy atom. The minimum absolute atomic E-state index is 0.214. The zero-order valence-corrected chi connectivity index (χ0v) is 18.1. The van der Waals surface area contributed by atoms with Gasteiger partial charge < -0.3 is 20.1 Å². The lowest BCUT2D eigenvalue weighted by molar-refractivity contribution is 0.102. The summed E-state index contributed by atoms with van der Waals surface area (Å²) in [6, 6.07) is 8.65. The van der Waals surface area contributed by atoms with Gasteiger partial charge in [0.1, 0.15) is 5.82 Å². The molecule has 31 heavy (non-hydrogen) atoms. The molecular weight excluding hydrogens is 412 g/mol. The van der Waals surface area contributed by atoms with E-state index in [-0.39, 0.29) is 11.5 Å². The van der Waals surface area contributed by atoms with Gasteiger partial charge >= 0.3 is 0 Å². The number of pyridine rings is 1. The van der Waals surface area contributed by atoms with Crippen LogP contribution in [-0.2, 0) is 6.54 Å². The summed E-state index contributed by atoms with van der Waals surface area (Å²) in [5.41, 5.74) is 1.33. The van der Waals surface area contributed by atoms with Gasteiger partial charge in [-0.3, -0.25) is 14.2 Å².